The van der Waals surface area contributed by atoms with Crippen LogP contribution in [0.4, 0.5) is 0 Å². The number of rotatable bonds is 3. The lowest BCUT2D eigenvalue weighted by Gasteiger charge is -2.17. The van der Waals surface area contributed by atoms with Gasteiger partial charge in [0.1, 0.15) is 0 Å². The maximum atomic E-state index is 10.5. The standard InChI is InChI=1S/C9H11O2/c1-11-9(7-10)8-5-3-2-4-6-8/h2-6,9H,7H2,1H3/q-1. The van der Waals surface area contributed by atoms with Gasteiger partial charge in [0.15, 0.2) is 0 Å². The Morgan fingerprint density at radius 1 is 1.36 bits per heavy atom. The first kappa shape index (κ1) is 8.24. The van der Waals surface area contributed by atoms with Crippen LogP contribution in [0.5, 0.6) is 0 Å². The minimum atomic E-state index is -0.295. The molecule has 1 aromatic carbocycles. The molecule has 1 rings (SSSR count). The van der Waals surface area contributed by atoms with Crippen LogP contribution in [-0.4, -0.2) is 13.7 Å². The molecule has 2 nitrogen and oxygen atoms in total. The van der Waals surface area contributed by atoms with Crippen LogP contribution >= 0.6 is 0 Å². The second kappa shape index (κ2) is 4.11. The molecule has 60 valence electrons. The summed E-state index contributed by atoms with van der Waals surface area (Å²) in [6.07, 6.45) is -0.295. The van der Waals surface area contributed by atoms with Crippen molar-refractivity contribution in [3.63, 3.8) is 0 Å². The summed E-state index contributed by atoms with van der Waals surface area (Å²) in [6.45, 7) is -0.222. The van der Waals surface area contributed by atoms with Crippen LogP contribution < -0.4 is 5.11 Å². The molecule has 0 aromatic heterocycles. The van der Waals surface area contributed by atoms with Gasteiger partial charge >= 0.3 is 0 Å². The molecular formula is C9H11O2-. The zero-order chi connectivity index (χ0) is 8.10. The maximum Gasteiger partial charge on any atom is 0.0668 e. The monoisotopic (exact) mass is 151 g/mol. The molecule has 1 atom stereocenters. The molecule has 1 aromatic rings. The van der Waals surface area contributed by atoms with E-state index in [1.165, 1.54) is 0 Å². The van der Waals surface area contributed by atoms with Crippen molar-refractivity contribution in [1.29, 1.82) is 0 Å². The Labute approximate surface area is 66.4 Å². The molecule has 0 N–H and O–H groups in total. The van der Waals surface area contributed by atoms with Crippen LogP contribution in [0.3, 0.4) is 0 Å². The van der Waals surface area contributed by atoms with Crippen LogP contribution in [0.25, 0.3) is 0 Å². The molecule has 11 heavy (non-hydrogen) atoms. The van der Waals surface area contributed by atoms with Crippen molar-refractivity contribution in [2.24, 2.45) is 0 Å². The molecule has 0 fully saturated rings. The second-order valence-electron chi connectivity index (χ2n) is 2.30. The third kappa shape index (κ3) is 2.03. The summed E-state index contributed by atoms with van der Waals surface area (Å²) in [4.78, 5) is 0. The minimum absolute atomic E-state index is 0.222. The zero-order valence-corrected chi connectivity index (χ0v) is 6.49. The van der Waals surface area contributed by atoms with E-state index >= 15 is 0 Å². The van der Waals surface area contributed by atoms with Gasteiger partial charge in [-0.2, -0.15) is 0 Å². The summed E-state index contributed by atoms with van der Waals surface area (Å²) in [7, 11) is 1.55. The van der Waals surface area contributed by atoms with Gasteiger partial charge in [-0.1, -0.05) is 30.3 Å². The lowest BCUT2D eigenvalue weighted by Crippen LogP contribution is -2.17. The first-order valence-electron chi connectivity index (χ1n) is 3.54. The molecule has 0 heterocycles. The molecule has 0 aliphatic carbocycles. The number of ether oxygens (including phenoxy) is 1. The van der Waals surface area contributed by atoms with Crippen LogP contribution in [0.15, 0.2) is 30.3 Å². The Morgan fingerprint density at radius 2 is 2.00 bits per heavy atom. The molecule has 0 radical (unpaired) electrons. The Morgan fingerprint density at radius 3 is 2.45 bits per heavy atom. The van der Waals surface area contributed by atoms with Crippen molar-refractivity contribution in [2.45, 2.75) is 6.10 Å². The van der Waals surface area contributed by atoms with Gasteiger partial charge in [-0.05, 0) is 5.56 Å². The Kier molecular flexibility index (Phi) is 3.08. The highest BCUT2D eigenvalue weighted by atomic mass is 16.5. The highest BCUT2D eigenvalue weighted by Gasteiger charge is 2.01. The normalized spacial score (nSPS) is 12.9. The minimum Gasteiger partial charge on any atom is -0.852 e. The van der Waals surface area contributed by atoms with E-state index in [1.807, 2.05) is 30.3 Å². The maximum absolute atomic E-state index is 10.5. The molecule has 0 bridgehead atoms. The highest BCUT2D eigenvalue weighted by Crippen LogP contribution is 2.13. The number of benzene rings is 1. The van der Waals surface area contributed by atoms with Gasteiger partial charge in [0, 0.05) is 7.11 Å². The van der Waals surface area contributed by atoms with E-state index in [9.17, 15) is 5.11 Å². The molecule has 0 aliphatic heterocycles. The molecule has 0 saturated heterocycles. The fourth-order valence-electron chi connectivity index (χ4n) is 0.968. The summed E-state index contributed by atoms with van der Waals surface area (Å²) in [5, 5.41) is 10.5. The van der Waals surface area contributed by atoms with E-state index in [2.05, 4.69) is 0 Å². The number of hydrogen-bond acceptors (Lipinski definition) is 2. The van der Waals surface area contributed by atoms with Crippen molar-refractivity contribution in [2.75, 3.05) is 13.7 Å². The molecule has 0 amide bonds. The number of hydrogen-bond donors (Lipinski definition) is 0. The van der Waals surface area contributed by atoms with Gasteiger partial charge in [0.25, 0.3) is 0 Å². The van der Waals surface area contributed by atoms with E-state index in [1.54, 1.807) is 7.11 Å². The van der Waals surface area contributed by atoms with E-state index in [-0.39, 0.29) is 12.7 Å². The fourth-order valence-corrected chi connectivity index (χ4v) is 0.968. The van der Waals surface area contributed by atoms with E-state index in [4.69, 9.17) is 4.74 Å². The molecule has 1 unspecified atom stereocenters. The lowest BCUT2D eigenvalue weighted by atomic mass is 10.1. The molecular weight excluding hydrogens is 140 g/mol. The van der Waals surface area contributed by atoms with Crippen molar-refractivity contribution >= 4 is 0 Å². The van der Waals surface area contributed by atoms with Gasteiger partial charge in [-0.15, -0.1) is 6.61 Å². The third-order valence-corrected chi connectivity index (χ3v) is 1.61. The molecule has 0 saturated carbocycles. The van der Waals surface area contributed by atoms with Crippen LogP contribution in [0.1, 0.15) is 11.7 Å². The largest absolute Gasteiger partial charge is 0.852 e. The molecule has 0 aliphatic rings. The highest BCUT2D eigenvalue weighted by molar-refractivity contribution is 5.17. The first-order chi connectivity index (χ1) is 5.38. The van der Waals surface area contributed by atoms with E-state index in [0.29, 0.717) is 0 Å². The predicted molar refractivity (Wildman–Crippen MR) is 41.1 cm³/mol. The van der Waals surface area contributed by atoms with E-state index in [0.717, 1.165) is 5.56 Å². The summed E-state index contributed by atoms with van der Waals surface area (Å²) >= 11 is 0. The number of methoxy groups -OCH3 is 1. The van der Waals surface area contributed by atoms with Crippen molar-refractivity contribution < 1.29 is 9.84 Å². The topological polar surface area (TPSA) is 32.3 Å². The Bertz CT molecular complexity index is 192. The predicted octanol–water partition coefficient (Wildman–Crippen LogP) is 0.734. The van der Waals surface area contributed by atoms with Gasteiger partial charge in [-0.3, -0.25) is 0 Å². The average Bonchev–Trinajstić information content (AvgIpc) is 2.09. The van der Waals surface area contributed by atoms with Gasteiger partial charge < -0.3 is 9.84 Å². The SMILES string of the molecule is COC(C[O-])c1ccccc1. The summed E-state index contributed by atoms with van der Waals surface area (Å²) in [5.41, 5.74) is 0.949. The van der Waals surface area contributed by atoms with E-state index < -0.39 is 0 Å². The summed E-state index contributed by atoms with van der Waals surface area (Å²) < 4.78 is 4.97. The summed E-state index contributed by atoms with van der Waals surface area (Å²) in [6, 6.07) is 9.51. The van der Waals surface area contributed by atoms with Gasteiger partial charge in [0.2, 0.25) is 0 Å². The quantitative estimate of drug-likeness (QED) is 0.638. The Hall–Kier alpha value is -0.860. The lowest BCUT2D eigenvalue weighted by molar-refractivity contribution is -0.386. The summed E-state index contributed by atoms with van der Waals surface area (Å²) in [5.74, 6) is 0. The van der Waals surface area contributed by atoms with Crippen LogP contribution in [0, 0.1) is 0 Å². The molecule has 2 heteroatoms. The average molecular weight is 151 g/mol. The zero-order valence-electron chi connectivity index (χ0n) is 6.49. The second-order valence-corrected chi connectivity index (χ2v) is 2.30. The smallest absolute Gasteiger partial charge is 0.0668 e. The van der Waals surface area contributed by atoms with Gasteiger partial charge in [0.05, 0.1) is 6.10 Å². The fraction of sp³-hybridized carbons (Fsp3) is 0.333. The molecule has 0 spiro atoms. The Balaban J connectivity index is 2.74. The van der Waals surface area contributed by atoms with Crippen molar-refractivity contribution in [3.05, 3.63) is 35.9 Å². The van der Waals surface area contributed by atoms with Crippen LogP contribution in [0.2, 0.25) is 0 Å². The van der Waals surface area contributed by atoms with Crippen LogP contribution in [-0.2, 0) is 4.74 Å². The third-order valence-electron chi connectivity index (χ3n) is 1.61. The van der Waals surface area contributed by atoms with Crippen molar-refractivity contribution in [3.8, 4) is 0 Å². The first-order valence-corrected chi connectivity index (χ1v) is 3.54. The van der Waals surface area contributed by atoms with Crippen molar-refractivity contribution in [1.82, 2.24) is 0 Å². The van der Waals surface area contributed by atoms with Gasteiger partial charge in [-0.25, -0.2) is 0 Å².